The first-order chi connectivity index (χ1) is 10.1. The highest BCUT2D eigenvalue weighted by Crippen LogP contribution is 2.35. The Labute approximate surface area is 133 Å². The molecule has 0 fully saturated rings. The Morgan fingerprint density at radius 3 is 2.86 bits per heavy atom. The average Bonchev–Trinajstić information content (AvgIpc) is 2.83. The fourth-order valence-corrected chi connectivity index (χ4v) is 2.96. The lowest BCUT2D eigenvalue weighted by atomic mass is 10.0. The van der Waals surface area contributed by atoms with Gasteiger partial charge in [-0.25, -0.2) is 0 Å². The average molecular weight is 367 g/mol. The summed E-state index contributed by atoms with van der Waals surface area (Å²) >= 11 is 9.59. The lowest BCUT2D eigenvalue weighted by Crippen LogP contribution is -2.00. The molecule has 0 aliphatic rings. The lowest BCUT2D eigenvalue weighted by molar-refractivity contribution is -0.136. The Bertz CT molecular complexity index is 844. The molecule has 0 aliphatic carbocycles. The molecule has 106 valence electrons. The Morgan fingerprint density at radius 1 is 1.33 bits per heavy atom. The molecule has 0 radical (unpaired) electrons. The van der Waals surface area contributed by atoms with Crippen molar-refractivity contribution in [2.75, 3.05) is 0 Å². The molecule has 0 spiro atoms. The number of aliphatic carboxylic acids is 1. The van der Waals surface area contributed by atoms with Gasteiger partial charge in [-0.2, -0.15) is 0 Å². The van der Waals surface area contributed by atoms with E-state index in [1.54, 1.807) is 18.2 Å². The van der Waals surface area contributed by atoms with E-state index < -0.39 is 5.97 Å². The van der Waals surface area contributed by atoms with E-state index in [4.69, 9.17) is 21.2 Å². The van der Waals surface area contributed by atoms with Crippen molar-refractivity contribution < 1.29 is 14.4 Å². The van der Waals surface area contributed by atoms with Crippen LogP contribution in [0.5, 0.6) is 0 Å². The fourth-order valence-electron chi connectivity index (χ4n) is 2.20. The molecule has 0 bridgehead atoms. The molecule has 0 aliphatic heterocycles. The van der Waals surface area contributed by atoms with Crippen molar-refractivity contribution in [1.29, 1.82) is 0 Å². The van der Waals surface area contributed by atoms with E-state index in [0.29, 0.717) is 21.9 Å². The first kappa shape index (κ1) is 14.1. The third kappa shape index (κ3) is 2.66. The standard InChI is InChI=1S/C15H9BrClNO3/c16-9-4-5-10(12(17)7-9)15-11-3-1-2-8(6-13(19)20)14(11)18-21-15/h1-5,7H,6H2,(H,19,20). The Hall–Kier alpha value is -1.85. The summed E-state index contributed by atoms with van der Waals surface area (Å²) in [6.45, 7) is 0. The molecule has 0 saturated heterocycles. The molecular formula is C15H9BrClNO3. The van der Waals surface area contributed by atoms with E-state index in [0.717, 1.165) is 15.4 Å². The monoisotopic (exact) mass is 365 g/mol. The predicted octanol–water partition coefficient (Wildman–Crippen LogP) is 4.54. The number of halogens is 2. The highest BCUT2D eigenvalue weighted by atomic mass is 79.9. The Morgan fingerprint density at radius 2 is 2.14 bits per heavy atom. The largest absolute Gasteiger partial charge is 0.481 e. The van der Waals surface area contributed by atoms with Crippen LogP contribution in [0.15, 0.2) is 45.4 Å². The molecular weight excluding hydrogens is 358 g/mol. The van der Waals surface area contributed by atoms with Crippen LogP contribution in [0.25, 0.3) is 22.2 Å². The molecule has 2 aromatic carbocycles. The van der Waals surface area contributed by atoms with Crippen LogP contribution < -0.4 is 0 Å². The van der Waals surface area contributed by atoms with Crippen LogP contribution in [0.3, 0.4) is 0 Å². The van der Waals surface area contributed by atoms with Crippen LogP contribution in [-0.4, -0.2) is 16.2 Å². The number of hydrogen-bond donors (Lipinski definition) is 1. The van der Waals surface area contributed by atoms with Gasteiger partial charge >= 0.3 is 5.97 Å². The zero-order chi connectivity index (χ0) is 15.0. The highest BCUT2D eigenvalue weighted by Gasteiger charge is 2.17. The molecule has 0 unspecified atom stereocenters. The number of aromatic nitrogens is 1. The van der Waals surface area contributed by atoms with Crippen LogP contribution in [0.2, 0.25) is 5.02 Å². The van der Waals surface area contributed by atoms with Crippen LogP contribution >= 0.6 is 27.5 Å². The zero-order valence-electron chi connectivity index (χ0n) is 10.6. The van der Waals surface area contributed by atoms with Crippen molar-refractivity contribution in [2.24, 2.45) is 0 Å². The van der Waals surface area contributed by atoms with Gasteiger partial charge in [0.15, 0.2) is 5.76 Å². The molecule has 6 heteroatoms. The summed E-state index contributed by atoms with van der Waals surface area (Å²) in [7, 11) is 0. The van der Waals surface area contributed by atoms with Gasteiger partial charge in [0.1, 0.15) is 5.52 Å². The van der Waals surface area contributed by atoms with E-state index in [1.807, 2.05) is 18.2 Å². The SMILES string of the molecule is O=C(O)Cc1cccc2c(-c3ccc(Br)cc3Cl)onc12. The van der Waals surface area contributed by atoms with Gasteiger partial charge in [-0.3, -0.25) is 4.79 Å². The van der Waals surface area contributed by atoms with E-state index in [1.165, 1.54) is 0 Å². The normalized spacial score (nSPS) is 11.0. The summed E-state index contributed by atoms with van der Waals surface area (Å²) in [5.74, 6) is -0.372. The zero-order valence-corrected chi connectivity index (χ0v) is 13.0. The van der Waals surface area contributed by atoms with Crippen molar-refractivity contribution in [2.45, 2.75) is 6.42 Å². The van der Waals surface area contributed by atoms with Gasteiger partial charge in [-0.05, 0) is 29.8 Å². The minimum absolute atomic E-state index is 0.0998. The van der Waals surface area contributed by atoms with Crippen LogP contribution in [-0.2, 0) is 11.2 Å². The Balaban J connectivity index is 2.19. The molecule has 0 saturated carbocycles. The second-order valence-corrected chi connectivity index (χ2v) is 5.84. The summed E-state index contributed by atoms with van der Waals surface area (Å²) in [5, 5.41) is 14.2. The second kappa shape index (κ2) is 5.50. The number of carbonyl (C=O) groups is 1. The number of carboxylic acids is 1. The number of rotatable bonds is 3. The summed E-state index contributed by atoms with van der Waals surface area (Å²) < 4.78 is 6.27. The van der Waals surface area contributed by atoms with E-state index in [2.05, 4.69) is 21.1 Å². The highest BCUT2D eigenvalue weighted by molar-refractivity contribution is 9.10. The summed E-state index contributed by atoms with van der Waals surface area (Å²) in [5.41, 5.74) is 1.88. The molecule has 1 heterocycles. The smallest absolute Gasteiger partial charge is 0.307 e. The van der Waals surface area contributed by atoms with Gasteiger partial charge in [0.25, 0.3) is 0 Å². The lowest BCUT2D eigenvalue weighted by Gasteiger charge is -2.02. The number of benzene rings is 2. The number of fused-ring (bicyclic) bond motifs is 1. The predicted molar refractivity (Wildman–Crippen MR) is 83.5 cm³/mol. The minimum Gasteiger partial charge on any atom is -0.481 e. The number of nitrogens with zero attached hydrogens (tertiary/aromatic N) is 1. The number of carboxylic acid groups (broad SMARTS) is 1. The molecule has 3 rings (SSSR count). The van der Waals surface area contributed by atoms with Crippen molar-refractivity contribution >= 4 is 44.4 Å². The topological polar surface area (TPSA) is 63.3 Å². The van der Waals surface area contributed by atoms with E-state index >= 15 is 0 Å². The van der Waals surface area contributed by atoms with Crippen LogP contribution in [0.4, 0.5) is 0 Å². The van der Waals surface area contributed by atoms with E-state index in [9.17, 15) is 4.79 Å². The maximum atomic E-state index is 10.9. The molecule has 3 aromatic rings. The van der Waals surface area contributed by atoms with Gasteiger partial charge in [-0.15, -0.1) is 0 Å². The first-order valence-corrected chi connectivity index (χ1v) is 7.28. The molecule has 0 amide bonds. The molecule has 1 N–H and O–H groups in total. The van der Waals surface area contributed by atoms with Gasteiger partial charge in [0, 0.05) is 10.0 Å². The Kier molecular flexibility index (Phi) is 3.69. The van der Waals surface area contributed by atoms with Gasteiger partial charge in [-0.1, -0.05) is 44.8 Å². The maximum Gasteiger partial charge on any atom is 0.307 e. The van der Waals surface area contributed by atoms with Gasteiger partial charge < -0.3 is 9.63 Å². The third-order valence-corrected chi connectivity index (χ3v) is 3.92. The minimum atomic E-state index is -0.909. The maximum absolute atomic E-state index is 10.9. The summed E-state index contributed by atoms with van der Waals surface area (Å²) in [6, 6.07) is 10.8. The van der Waals surface area contributed by atoms with Crippen LogP contribution in [0.1, 0.15) is 5.56 Å². The van der Waals surface area contributed by atoms with Crippen LogP contribution in [0, 0.1) is 0 Å². The molecule has 21 heavy (non-hydrogen) atoms. The molecule has 1 aromatic heterocycles. The molecule has 0 atom stereocenters. The second-order valence-electron chi connectivity index (χ2n) is 4.52. The quantitative estimate of drug-likeness (QED) is 0.739. The summed E-state index contributed by atoms with van der Waals surface area (Å²) in [4.78, 5) is 10.9. The molecule has 4 nitrogen and oxygen atoms in total. The fraction of sp³-hybridized carbons (Fsp3) is 0.0667. The number of hydrogen-bond acceptors (Lipinski definition) is 3. The van der Waals surface area contributed by atoms with Crippen molar-refractivity contribution in [1.82, 2.24) is 5.16 Å². The van der Waals surface area contributed by atoms with Gasteiger partial charge in [0.05, 0.1) is 16.8 Å². The van der Waals surface area contributed by atoms with E-state index in [-0.39, 0.29) is 6.42 Å². The first-order valence-electron chi connectivity index (χ1n) is 6.11. The summed E-state index contributed by atoms with van der Waals surface area (Å²) in [6.07, 6.45) is -0.0998. The van der Waals surface area contributed by atoms with Crippen molar-refractivity contribution in [3.63, 3.8) is 0 Å². The van der Waals surface area contributed by atoms with Crippen molar-refractivity contribution in [3.05, 3.63) is 51.5 Å². The third-order valence-electron chi connectivity index (χ3n) is 3.11. The van der Waals surface area contributed by atoms with Gasteiger partial charge in [0.2, 0.25) is 0 Å². The van der Waals surface area contributed by atoms with Crippen molar-refractivity contribution in [3.8, 4) is 11.3 Å².